The fraction of sp³-hybridized carbons (Fsp3) is 0.846. The fourth-order valence-electron chi connectivity index (χ4n) is 3.03. The third-order valence-electron chi connectivity index (χ3n) is 4.12. The summed E-state index contributed by atoms with van der Waals surface area (Å²) in [6, 6.07) is 0. The first-order valence-electron chi connectivity index (χ1n) is 6.30. The molecular formula is C13H21NO3. The van der Waals surface area contributed by atoms with Crippen molar-refractivity contribution in [2.24, 2.45) is 17.8 Å². The van der Waals surface area contributed by atoms with Crippen LogP contribution in [-0.4, -0.2) is 40.4 Å². The summed E-state index contributed by atoms with van der Waals surface area (Å²) in [6.45, 7) is 7.89. The predicted octanol–water partition coefficient (Wildman–Crippen LogP) is 1.40. The Hall–Kier alpha value is -0.900. The molecule has 2 bridgehead atoms. The number of carbonyl (C=O) groups excluding carboxylic acids is 1. The van der Waals surface area contributed by atoms with Gasteiger partial charge in [0, 0.05) is 30.5 Å². The number of Topliss-reactive ketones (excluding diaryl/α,β-unsaturated/α-hetero) is 1. The zero-order chi connectivity index (χ0) is 12.8. The van der Waals surface area contributed by atoms with Gasteiger partial charge < -0.3 is 5.11 Å². The summed E-state index contributed by atoms with van der Waals surface area (Å²) >= 11 is 0. The molecule has 2 fully saturated rings. The van der Waals surface area contributed by atoms with Gasteiger partial charge in [0.05, 0.1) is 5.92 Å². The molecule has 1 aliphatic heterocycles. The summed E-state index contributed by atoms with van der Waals surface area (Å²) < 4.78 is 0. The first-order valence-corrected chi connectivity index (χ1v) is 6.30. The van der Waals surface area contributed by atoms with Crippen LogP contribution in [0.2, 0.25) is 0 Å². The van der Waals surface area contributed by atoms with Crippen LogP contribution in [0.5, 0.6) is 0 Å². The minimum absolute atomic E-state index is 0.0628. The van der Waals surface area contributed by atoms with Gasteiger partial charge in [-0.05, 0) is 33.6 Å². The highest BCUT2D eigenvalue weighted by molar-refractivity contribution is 5.87. The number of aliphatic carboxylic acids is 1. The number of fused-ring (bicyclic) bond motifs is 2. The molecule has 2 atom stereocenters. The third kappa shape index (κ3) is 2.37. The molecule has 1 aliphatic carbocycles. The van der Waals surface area contributed by atoms with Gasteiger partial charge in [0.2, 0.25) is 0 Å². The number of hydrogen-bond acceptors (Lipinski definition) is 3. The Balaban J connectivity index is 2.13. The van der Waals surface area contributed by atoms with Crippen molar-refractivity contribution < 1.29 is 14.7 Å². The monoisotopic (exact) mass is 239 g/mol. The first kappa shape index (κ1) is 12.6. The second-order valence-corrected chi connectivity index (χ2v) is 6.38. The molecule has 4 heteroatoms. The maximum Gasteiger partial charge on any atom is 0.306 e. The lowest BCUT2D eigenvalue weighted by atomic mass is 9.70. The number of carboxylic acids is 1. The summed E-state index contributed by atoms with van der Waals surface area (Å²) in [5.74, 6) is -0.893. The normalized spacial score (nSPS) is 34.8. The van der Waals surface area contributed by atoms with Crippen molar-refractivity contribution in [2.75, 3.05) is 13.1 Å². The first-order chi connectivity index (χ1) is 7.79. The highest BCUT2D eigenvalue weighted by Gasteiger charge is 2.45. The standard InChI is InChI=1S/C13H21NO3/c1-13(2,3)14-6-9-4-8(12(16)17)5-10(7-14)11(9)15/h8-10H,4-7H2,1-3H3,(H,16,17). The maximum atomic E-state index is 12.0. The van der Waals surface area contributed by atoms with Crippen molar-refractivity contribution >= 4 is 11.8 Å². The Morgan fingerprint density at radius 3 is 2.06 bits per heavy atom. The Morgan fingerprint density at radius 2 is 1.71 bits per heavy atom. The zero-order valence-corrected chi connectivity index (χ0v) is 10.8. The van der Waals surface area contributed by atoms with Crippen LogP contribution in [0, 0.1) is 17.8 Å². The number of nitrogens with zero attached hydrogens (tertiary/aromatic N) is 1. The molecule has 1 N–H and O–H groups in total. The molecule has 0 aromatic rings. The lowest BCUT2D eigenvalue weighted by Gasteiger charge is -2.47. The third-order valence-corrected chi connectivity index (χ3v) is 4.12. The zero-order valence-electron chi connectivity index (χ0n) is 10.8. The summed E-state index contributed by atoms with van der Waals surface area (Å²) in [5.41, 5.74) is 0.0628. The van der Waals surface area contributed by atoms with E-state index >= 15 is 0 Å². The van der Waals surface area contributed by atoms with Crippen molar-refractivity contribution in [2.45, 2.75) is 39.2 Å². The molecule has 0 aromatic heterocycles. The molecule has 0 spiro atoms. The number of piperidine rings is 1. The number of hydrogen-bond donors (Lipinski definition) is 1. The molecule has 2 aliphatic rings. The molecule has 96 valence electrons. The van der Waals surface area contributed by atoms with Crippen LogP contribution in [0.3, 0.4) is 0 Å². The molecule has 0 amide bonds. The van der Waals surface area contributed by atoms with Crippen LogP contribution in [0.4, 0.5) is 0 Å². The summed E-state index contributed by atoms with van der Waals surface area (Å²) in [7, 11) is 0. The van der Waals surface area contributed by atoms with Gasteiger partial charge >= 0.3 is 5.97 Å². The van der Waals surface area contributed by atoms with Gasteiger partial charge in [0.1, 0.15) is 5.78 Å². The predicted molar refractivity (Wildman–Crippen MR) is 63.7 cm³/mol. The van der Waals surface area contributed by atoms with E-state index in [1.165, 1.54) is 0 Å². The van der Waals surface area contributed by atoms with Crippen LogP contribution >= 0.6 is 0 Å². The Morgan fingerprint density at radius 1 is 1.24 bits per heavy atom. The van der Waals surface area contributed by atoms with E-state index in [0.717, 1.165) is 13.1 Å². The average molecular weight is 239 g/mol. The minimum atomic E-state index is -0.739. The van der Waals surface area contributed by atoms with E-state index in [1.807, 2.05) is 0 Å². The number of likely N-dealkylation sites (tertiary alicyclic amines) is 1. The Bertz CT molecular complexity index is 327. The van der Waals surface area contributed by atoms with Crippen LogP contribution < -0.4 is 0 Å². The molecule has 1 saturated carbocycles. The molecule has 0 aromatic carbocycles. The van der Waals surface area contributed by atoms with Crippen LogP contribution in [0.15, 0.2) is 0 Å². The summed E-state index contributed by atoms with van der Waals surface area (Å²) in [5, 5.41) is 9.08. The van der Waals surface area contributed by atoms with Crippen molar-refractivity contribution in [3.05, 3.63) is 0 Å². The molecular weight excluding hydrogens is 218 g/mol. The van der Waals surface area contributed by atoms with E-state index < -0.39 is 5.97 Å². The highest BCUT2D eigenvalue weighted by Crippen LogP contribution is 2.37. The van der Waals surface area contributed by atoms with Gasteiger partial charge in [-0.2, -0.15) is 0 Å². The quantitative estimate of drug-likeness (QED) is 0.751. The Labute approximate surface area is 102 Å². The molecule has 2 unspecified atom stereocenters. The van der Waals surface area contributed by atoms with Gasteiger partial charge in [0.25, 0.3) is 0 Å². The fourth-order valence-corrected chi connectivity index (χ4v) is 3.03. The SMILES string of the molecule is CC(C)(C)N1CC2CC(C(=O)O)CC(C1)C2=O. The van der Waals surface area contributed by atoms with Crippen LogP contribution in [0.1, 0.15) is 33.6 Å². The second kappa shape index (κ2) is 4.09. The highest BCUT2D eigenvalue weighted by atomic mass is 16.4. The molecule has 0 radical (unpaired) electrons. The smallest absolute Gasteiger partial charge is 0.306 e. The molecule has 1 heterocycles. The number of carboxylic acid groups (broad SMARTS) is 1. The van der Waals surface area contributed by atoms with E-state index in [2.05, 4.69) is 25.7 Å². The van der Waals surface area contributed by atoms with Gasteiger partial charge in [0.15, 0.2) is 0 Å². The number of rotatable bonds is 1. The van der Waals surface area contributed by atoms with E-state index in [1.54, 1.807) is 0 Å². The maximum absolute atomic E-state index is 12.0. The Kier molecular flexibility index (Phi) is 3.02. The van der Waals surface area contributed by atoms with E-state index in [4.69, 9.17) is 5.11 Å². The van der Waals surface area contributed by atoms with E-state index in [9.17, 15) is 9.59 Å². The van der Waals surface area contributed by atoms with Crippen molar-refractivity contribution in [3.8, 4) is 0 Å². The minimum Gasteiger partial charge on any atom is -0.481 e. The van der Waals surface area contributed by atoms with E-state index in [-0.39, 0.29) is 23.3 Å². The molecule has 17 heavy (non-hydrogen) atoms. The second-order valence-electron chi connectivity index (χ2n) is 6.38. The lowest BCUT2D eigenvalue weighted by Crippen LogP contribution is -2.57. The molecule has 1 saturated heterocycles. The number of carbonyl (C=O) groups is 2. The van der Waals surface area contributed by atoms with Gasteiger partial charge in [-0.3, -0.25) is 14.5 Å². The largest absolute Gasteiger partial charge is 0.481 e. The molecule has 2 rings (SSSR count). The lowest BCUT2D eigenvalue weighted by molar-refractivity contribution is -0.150. The van der Waals surface area contributed by atoms with Gasteiger partial charge in [-0.25, -0.2) is 0 Å². The average Bonchev–Trinajstić information content (AvgIpc) is 2.14. The topological polar surface area (TPSA) is 57.6 Å². The van der Waals surface area contributed by atoms with Gasteiger partial charge in [-0.1, -0.05) is 0 Å². The van der Waals surface area contributed by atoms with E-state index in [0.29, 0.717) is 18.6 Å². The van der Waals surface area contributed by atoms with Crippen LogP contribution in [0.25, 0.3) is 0 Å². The van der Waals surface area contributed by atoms with Crippen molar-refractivity contribution in [1.29, 1.82) is 0 Å². The van der Waals surface area contributed by atoms with Crippen LogP contribution in [-0.2, 0) is 9.59 Å². The summed E-state index contributed by atoms with van der Waals surface area (Å²) in [6.07, 6.45) is 1.05. The molecule has 4 nitrogen and oxygen atoms in total. The number of ketones is 1. The van der Waals surface area contributed by atoms with Crippen molar-refractivity contribution in [3.63, 3.8) is 0 Å². The van der Waals surface area contributed by atoms with Crippen molar-refractivity contribution in [1.82, 2.24) is 4.90 Å². The van der Waals surface area contributed by atoms with Gasteiger partial charge in [-0.15, -0.1) is 0 Å². The summed E-state index contributed by atoms with van der Waals surface area (Å²) in [4.78, 5) is 25.4.